The second kappa shape index (κ2) is 9.89. The summed E-state index contributed by atoms with van der Waals surface area (Å²) in [6, 6.07) is 12.9. The lowest BCUT2D eigenvalue weighted by molar-refractivity contribution is -0.140. The predicted octanol–water partition coefficient (Wildman–Crippen LogP) is 4.04. The molecule has 2 heterocycles. The number of aliphatic hydroxyl groups is 1. The molecule has 1 amide bonds. The van der Waals surface area contributed by atoms with Crippen LogP contribution in [0.5, 0.6) is 17.2 Å². The minimum absolute atomic E-state index is 0.0290. The number of amides is 1. The number of rotatable bonds is 7. The van der Waals surface area contributed by atoms with Crippen LogP contribution in [0.25, 0.3) is 5.76 Å². The van der Waals surface area contributed by atoms with Gasteiger partial charge in [0.05, 0.1) is 32.9 Å². The first-order valence-electron chi connectivity index (χ1n) is 10.9. The van der Waals surface area contributed by atoms with E-state index in [1.165, 1.54) is 19.1 Å². The number of aliphatic hydroxyl groups excluding tert-OH is 1. The summed E-state index contributed by atoms with van der Waals surface area (Å²) in [5.41, 5.74) is 2.34. The largest absolute Gasteiger partial charge is 0.507 e. The highest BCUT2D eigenvalue weighted by Gasteiger charge is 2.47. The highest BCUT2D eigenvalue weighted by atomic mass is 16.5. The van der Waals surface area contributed by atoms with Gasteiger partial charge >= 0.3 is 0 Å². The number of carbonyl (C=O) groups excluding carboxylic acids is 2. The van der Waals surface area contributed by atoms with E-state index in [0.717, 1.165) is 5.56 Å². The SMILES string of the molecule is COc1ccc(C(O)=C2C(=O)C(=O)N(Cc3cccnc3)[C@@H]2c2cc(OC)ccc2OC)c(C)c1. The normalized spacial score (nSPS) is 16.9. The summed E-state index contributed by atoms with van der Waals surface area (Å²) in [5.74, 6) is -0.193. The van der Waals surface area contributed by atoms with Gasteiger partial charge in [-0.3, -0.25) is 14.6 Å². The zero-order valence-electron chi connectivity index (χ0n) is 19.9. The minimum Gasteiger partial charge on any atom is -0.507 e. The van der Waals surface area contributed by atoms with E-state index < -0.39 is 17.7 Å². The monoisotopic (exact) mass is 474 g/mol. The van der Waals surface area contributed by atoms with Crippen molar-refractivity contribution in [3.8, 4) is 17.2 Å². The first-order valence-corrected chi connectivity index (χ1v) is 10.9. The van der Waals surface area contributed by atoms with Crippen LogP contribution in [0.3, 0.4) is 0 Å². The van der Waals surface area contributed by atoms with Gasteiger partial charge in [-0.05, 0) is 60.5 Å². The van der Waals surface area contributed by atoms with Gasteiger partial charge in [0, 0.05) is 30.1 Å². The van der Waals surface area contributed by atoms with Gasteiger partial charge in [-0.15, -0.1) is 0 Å². The van der Waals surface area contributed by atoms with Crippen molar-refractivity contribution in [3.63, 3.8) is 0 Å². The lowest BCUT2D eigenvalue weighted by Gasteiger charge is -2.27. The number of pyridine rings is 1. The Morgan fingerprint density at radius 3 is 2.34 bits per heavy atom. The average Bonchev–Trinajstić information content (AvgIpc) is 3.13. The van der Waals surface area contributed by atoms with Crippen molar-refractivity contribution in [1.29, 1.82) is 0 Å². The van der Waals surface area contributed by atoms with Crippen LogP contribution in [0, 0.1) is 6.92 Å². The van der Waals surface area contributed by atoms with Crippen molar-refractivity contribution in [2.45, 2.75) is 19.5 Å². The smallest absolute Gasteiger partial charge is 0.295 e. The summed E-state index contributed by atoms with van der Waals surface area (Å²) in [7, 11) is 4.58. The standard InChI is InChI=1S/C27H26N2O6/c1-16-12-18(33-2)7-9-20(16)25(30)23-24(21-13-19(34-3)8-10-22(21)35-4)29(27(32)26(23)31)15-17-6-5-11-28-14-17/h5-14,24,30H,15H2,1-4H3/t24-/m1/s1. The van der Waals surface area contributed by atoms with E-state index in [4.69, 9.17) is 14.2 Å². The van der Waals surface area contributed by atoms with Gasteiger partial charge in [0.1, 0.15) is 23.0 Å². The molecule has 1 aliphatic rings. The molecule has 8 nitrogen and oxygen atoms in total. The summed E-state index contributed by atoms with van der Waals surface area (Å²) in [4.78, 5) is 32.2. The molecule has 0 radical (unpaired) electrons. The van der Waals surface area contributed by atoms with Crippen molar-refractivity contribution in [3.05, 3.63) is 88.8 Å². The van der Waals surface area contributed by atoms with Crippen molar-refractivity contribution in [1.82, 2.24) is 9.88 Å². The van der Waals surface area contributed by atoms with Gasteiger partial charge in [0.25, 0.3) is 11.7 Å². The predicted molar refractivity (Wildman–Crippen MR) is 129 cm³/mol. The summed E-state index contributed by atoms with van der Waals surface area (Å²) in [5, 5.41) is 11.4. The summed E-state index contributed by atoms with van der Waals surface area (Å²) in [6.45, 7) is 1.91. The molecule has 1 fully saturated rings. The van der Waals surface area contributed by atoms with Crippen LogP contribution < -0.4 is 14.2 Å². The molecular formula is C27H26N2O6. The Labute approximate surface area is 203 Å². The lowest BCUT2D eigenvalue weighted by atomic mass is 9.93. The maximum absolute atomic E-state index is 13.4. The van der Waals surface area contributed by atoms with Gasteiger partial charge < -0.3 is 24.2 Å². The number of ether oxygens (including phenoxy) is 3. The summed E-state index contributed by atoms with van der Waals surface area (Å²) >= 11 is 0. The molecule has 0 unspecified atom stereocenters. The van der Waals surface area contributed by atoms with Crippen molar-refractivity contribution < 1.29 is 28.9 Å². The van der Waals surface area contributed by atoms with Crippen LogP contribution >= 0.6 is 0 Å². The van der Waals surface area contributed by atoms with Gasteiger partial charge in [-0.1, -0.05) is 6.07 Å². The second-order valence-corrected chi connectivity index (χ2v) is 8.08. The van der Waals surface area contributed by atoms with E-state index in [2.05, 4.69) is 4.98 Å². The first-order chi connectivity index (χ1) is 16.9. The molecule has 1 saturated heterocycles. The lowest BCUT2D eigenvalue weighted by Crippen LogP contribution is -2.29. The number of hydrogen-bond acceptors (Lipinski definition) is 7. The van der Waals surface area contributed by atoms with Crippen LogP contribution in [-0.2, 0) is 16.1 Å². The molecule has 1 aliphatic heterocycles. The van der Waals surface area contributed by atoms with Gasteiger partial charge in [0.2, 0.25) is 0 Å². The Morgan fingerprint density at radius 1 is 1.00 bits per heavy atom. The first kappa shape index (κ1) is 23.8. The van der Waals surface area contributed by atoms with E-state index in [9.17, 15) is 14.7 Å². The summed E-state index contributed by atoms with van der Waals surface area (Å²) < 4.78 is 16.2. The molecule has 0 aliphatic carbocycles. The number of aromatic nitrogens is 1. The highest BCUT2D eigenvalue weighted by molar-refractivity contribution is 6.46. The number of Topliss-reactive ketones (excluding diaryl/α,β-unsaturated/α-hetero) is 1. The maximum Gasteiger partial charge on any atom is 0.295 e. The fourth-order valence-electron chi connectivity index (χ4n) is 4.28. The number of hydrogen-bond donors (Lipinski definition) is 1. The van der Waals surface area contributed by atoms with E-state index in [1.54, 1.807) is 68.9 Å². The van der Waals surface area contributed by atoms with Gasteiger partial charge in [-0.25, -0.2) is 0 Å². The zero-order chi connectivity index (χ0) is 25.1. The number of ketones is 1. The Kier molecular flexibility index (Phi) is 6.73. The van der Waals surface area contributed by atoms with Crippen molar-refractivity contribution in [2.75, 3.05) is 21.3 Å². The third-order valence-corrected chi connectivity index (χ3v) is 6.04. The Bertz CT molecular complexity index is 1300. The third-order valence-electron chi connectivity index (χ3n) is 6.04. The molecule has 35 heavy (non-hydrogen) atoms. The van der Waals surface area contributed by atoms with Crippen LogP contribution in [0.1, 0.15) is 28.3 Å². The number of likely N-dealkylation sites (tertiary alicyclic amines) is 1. The van der Waals surface area contributed by atoms with E-state index >= 15 is 0 Å². The number of carbonyl (C=O) groups is 2. The molecule has 8 heteroatoms. The van der Waals surface area contributed by atoms with Gasteiger partial charge in [-0.2, -0.15) is 0 Å². The molecule has 180 valence electrons. The maximum atomic E-state index is 13.4. The zero-order valence-corrected chi connectivity index (χ0v) is 19.9. The van der Waals surface area contributed by atoms with E-state index in [0.29, 0.717) is 33.9 Å². The summed E-state index contributed by atoms with van der Waals surface area (Å²) in [6.07, 6.45) is 3.26. The van der Waals surface area contributed by atoms with Gasteiger partial charge in [0.15, 0.2) is 0 Å². The van der Waals surface area contributed by atoms with Crippen molar-refractivity contribution in [2.24, 2.45) is 0 Å². The van der Waals surface area contributed by atoms with E-state index in [-0.39, 0.29) is 17.9 Å². The minimum atomic E-state index is -0.915. The Hall–Kier alpha value is -4.33. The quantitative estimate of drug-likeness (QED) is 0.314. The number of benzene rings is 2. The van der Waals surface area contributed by atoms with E-state index in [1.807, 2.05) is 6.07 Å². The van der Waals surface area contributed by atoms with Crippen LogP contribution in [-0.4, -0.2) is 48.0 Å². The van der Waals surface area contributed by atoms with Crippen LogP contribution in [0.2, 0.25) is 0 Å². The average molecular weight is 475 g/mol. The molecule has 0 bridgehead atoms. The fourth-order valence-corrected chi connectivity index (χ4v) is 4.28. The molecule has 4 rings (SSSR count). The number of methoxy groups -OCH3 is 3. The molecule has 1 atom stereocenters. The molecule has 3 aromatic rings. The molecule has 2 aromatic carbocycles. The fraction of sp³-hybridized carbons (Fsp3) is 0.222. The topological polar surface area (TPSA) is 98.2 Å². The Balaban J connectivity index is 1.95. The van der Waals surface area contributed by atoms with Crippen LogP contribution in [0.15, 0.2) is 66.5 Å². The third kappa shape index (κ3) is 4.42. The molecule has 0 saturated carbocycles. The molecule has 0 spiro atoms. The molecule has 1 aromatic heterocycles. The van der Waals surface area contributed by atoms with Crippen molar-refractivity contribution >= 4 is 17.4 Å². The molecular weight excluding hydrogens is 448 g/mol. The highest BCUT2D eigenvalue weighted by Crippen LogP contribution is 2.44. The number of aryl methyl sites for hydroxylation is 1. The Morgan fingerprint density at radius 2 is 1.71 bits per heavy atom. The number of nitrogens with zero attached hydrogens (tertiary/aromatic N) is 2. The second-order valence-electron chi connectivity index (χ2n) is 8.08. The molecule has 1 N–H and O–H groups in total. The van der Waals surface area contributed by atoms with Crippen LogP contribution in [0.4, 0.5) is 0 Å².